The van der Waals surface area contributed by atoms with Crippen molar-refractivity contribution in [3.05, 3.63) is 36.5 Å². The fraction of sp³-hybridized carbons (Fsp3) is 0.357. The molecule has 0 aliphatic carbocycles. The third-order valence-corrected chi connectivity index (χ3v) is 2.75. The molecule has 1 unspecified atom stereocenters. The average Bonchev–Trinajstić information content (AvgIpc) is 2.43. The lowest BCUT2D eigenvalue weighted by molar-refractivity contribution is 0.185. The summed E-state index contributed by atoms with van der Waals surface area (Å²) >= 11 is 0. The van der Waals surface area contributed by atoms with Crippen molar-refractivity contribution >= 4 is 10.9 Å². The van der Waals surface area contributed by atoms with Gasteiger partial charge in [-0.1, -0.05) is 25.1 Å². The average molecular weight is 246 g/mol. The number of para-hydroxylation sites is 1. The van der Waals surface area contributed by atoms with Crippen LogP contribution in [0.3, 0.4) is 0 Å². The lowest BCUT2D eigenvalue weighted by atomic mass is 10.2. The van der Waals surface area contributed by atoms with Crippen molar-refractivity contribution < 1.29 is 9.84 Å². The molecule has 1 atom stereocenters. The van der Waals surface area contributed by atoms with Crippen LogP contribution < -0.4 is 10.1 Å². The Balaban J connectivity index is 2.11. The predicted octanol–water partition coefficient (Wildman–Crippen LogP) is 1.58. The second-order valence-electron chi connectivity index (χ2n) is 4.08. The molecule has 1 aromatic heterocycles. The maximum absolute atomic E-state index is 9.19. The molecule has 0 saturated heterocycles. The summed E-state index contributed by atoms with van der Waals surface area (Å²) < 4.78 is 5.74. The molecule has 4 nitrogen and oxygen atoms in total. The first-order chi connectivity index (χ1) is 8.85. The van der Waals surface area contributed by atoms with E-state index in [1.54, 1.807) is 6.20 Å². The molecule has 0 saturated carbocycles. The van der Waals surface area contributed by atoms with E-state index in [4.69, 9.17) is 4.74 Å². The molecule has 1 aromatic carbocycles. The first kappa shape index (κ1) is 12.8. The Kier molecular flexibility index (Phi) is 4.50. The second kappa shape index (κ2) is 6.33. The Hall–Kier alpha value is -1.65. The van der Waals surface area contributed by atoms with Crippen LogP contribution in [0, 0.1) is 0 Å². The van der Waals surface area contributed by atoms with E-state index in [9.17, 15) is 5.11 Å². The minimum Gasteiger partial charge on any atom is -0.490 e. The van der Waals surface area contributed by atoms with Gasteiger partial charge in [0.05, 0.1) is 12.6 Å². The molecule has 2 aromatic rings. The zero-order chi connectivity index (χ0) is 12.8. The molecular formula is C14H18N2O2. The molecule has 1 heterocycles. The highest BCUT2D eigenvalue weighted by atomic mass is 16.5. The molecule has 0 aliphatic rings. The van der Waals surface area contributed by atoms with E-state index in [1.807, 2.05) is 37.3 Å². The number of likely N-dealkylation sites (N-methyl/N-ethyl adjacent to an activating group) is 1. The van der Waals surface area contributed by atoms with Gasteiger partial charge in [-0.15, -0.1) is 0 Å². The van der Waals surface area contributed by atoms with E-state index in [1.165, 1.54) is 0 Å². The van der Waals surface area contributed by atoms with Gasteiger partial charge in [-0.25, -0.2) is 0 Å². The van der Waals surface area contributed by atoms with Gasteiger partial charge >= 0.3 is 0 Å². The van der Waals surface area contributed by atoms with E-state index < -0.39 is 0 Å². The number of nitrogens with one attached hydrogen (secondary N) is 1. The number of pyridine rings is 1. The standard InChI is InChI=1S/C14H18N2O2/c1-2-15-12(9-17)10-18-13-7-3-5-11-6-4-8-16-14(11)13/h3-8,12,15,17H,2,9-10H2,1H3. The fourth-order valence-electron chi connectivity index (χ4n) is 1.85. The van der Waals surface area contributed by atoms with Crippen LogP contribution in [0.25, 0.3) is 10.9 Å². The number of aromatic nitrogens is 1. The monoisotopic (exact) mass is 246 g/mol. The summed E-state index contributed by atoms with van der Waals surface area (Å²) in [5.74, 6) is 0.754. The van der Waals surface area contributed by atoms with E-state index in [2.05, 4.69) is 10.3 Å². The third kappa shape index (κ3) is 2.97. The Morgan fingerprint density at radius 1 is 1.33 bits per heavy atom. The van der Waals surface area contributed by atoms with Crippen LogP contribution in [0.5, 0.6) is 5.75 Å². The SMILES string of the molecule is CCNC(CO)COc1cccc2cccnc12. The summed E-state index contributed by atoms with van der Waals surface area (Å²) in [7, 11) is 0. The van der Waals surface area contributed by atoms with Gasteiger partial charge in [0.15, 0.2) is 0 Å². The molecule has 0 bridgehead atoms. The Morgan fingerprint density at radius 3 is 2.94 bits per heavy atom. The van der Waals surface area contributed by atoms with Crippen LogP contribution in [0.4, 0.5) is 0 Å². The molecule has 0 amide bonds. The van der Waals surface area contributed by atoms with Crippen molar-refractivity contribution in [3.8, 4) is 5.75 Å². The minimum absolute atomic E-state index is 0.0473. The summed E-state index contributed by atoms with van der Waals surface area (Å²) in [5.41, 5.74) is 0.855. The van der Waals surface area contributed by atoms with Crippen molar-refractivity contribution in [3.63, 3.8) is 0 Å². The Morgan fingerprint density at radius 2 is 2.17 bits per heavy atom. The van der Waals surface area contributed by atoms with Crippen LogP contribution in [0.1, 0.15) is 6.92 Å². The van der Waals surface area contributed by atoms with Gasteiger partial charge in [0.1, 0.15) is 17.9 Å². The smallest absolute Gasteiger partial charge is 0.145 e. The molecule has 4 heteroatoms. The van der Waals surface area contributed by atoms with Crippen molar-refractivity contribution in [2.75, 3.05) is 19.8 Å². The number of aliphatic hydroxyl groups is 1. The number of fused-ring (bicyclic) bond motifs is 1. The number of hydrogen-bond acceptors (Lipinski definition) is 4. The van der Waals surface area contributed by atoms with Crippen molar-refractivity contribution in [2.24, 2.45) is 0 Å². The molecule has 18 heavy (non-hydrogen) atoms. The molecule has 96 valence electrons. The van der Waals surface area contributed by atoms with Crippen LogP contribution in [-0.4, -0.2) is 35.9 Å². The van der Waals surface area contributed by atoms with Crippen LogP contribution in [0.15, 0.2) is 36.5 Å². The Labute approximate surface area is 107 Å². The highest BCUT2D eigenvalue weighted by Gasteiger charge is 2.08. The van der Waals surface area contributed by atoms with Crippen molar-refractivity contribution in [1.82, 2.24) is 10.3 Å². The quantitative estimate of drug-likeness (QED) is 0.812. The lowest BCUT2D eigenvalue weighted by Crippen LogP contribution is -2.37. The lowest BCUT2D eigenvalue weighted by Gasteiger charge is -2.16. The first-order valence-electron chi connectivity index (χ1n) is 6.16. The third-order valence-electron chi connectivity index (χ3n) is 2.75. The maximum atomic E-state index is 9.19. The highest BCUT2D eigenvalue weighted by Crippen LogP contribution is 2.22. The normalized spacial score (nSPS) is 12.6. The van der Waals surface area contributed by atoms with Crippen LogP contribution >= 0.6 is 0 Å². The molecular weight excluding hydrogens is 228 g/mol. The largest absolute Gasteiger partial charge is 0.490 e. The molecule has 0 fully saturated rings. The molecule has 0 spiro atoms. The molecule has 2 N–H and O–H groups in total. The number of aliphatic hydroxyl groups excluding tert-OH is 1. The number of rotatable bonds is 6. The van der Waals surface area contributed by atoms with Gasteiger partial charge in [0.25, 0.3) is 0 Å². The number of hydrogen-bond donors (Lipinski definition) is 2. The molecule has 0 radical (unpaired) electrons. The van der Waals surface area contributed by atoms with E-state index in [0.29, 0.717) is 6.61 Å². The number of benzene rings is 1. The topological polar surface area (TPSA) is 54.4 Å². The second-order valence-corrected chi connectivity index (χ2v) is 4.08. The Bertz CT molecular complexity index is 497. The van der Waals surface area contributed by atoms with Crippen LogP contribution in [-0.2, 0) is 0 Å². The van der Waals surface area contributed by atoms with E-state index >= 15 is 0 Å². The summed E-state index contributed by atoms with van der Waals surface area (Å²) in [5, 5.41) is 13.4. The molecule has 2 rings (SSSR count). The number of ether oxygens (including phenoxy) is 1. The van der Waals surface area contributed by atoms with Gasteiger partial charge in [-0.2, -0.15) is 0 Å². The zero-order valence-corrected chi connectivity index (χ0v) is 10.5. The summed E-state index contributed by atoms with van der Waals surface area (Å²) in [4.78, 5) is 4.32. The maximum Gasteiger partial charge on any atom is 0.145 e. The molecule has 0 aliphatic heterocycles. The summed E-state index contributed by atoms with van der Waals surface area (Å²) in [6.45, 7) is 3.30. The van der Waals surface area contributed by atoms with Gasteiger partial charge in [-0.3, -0.25) is 4.98 Å². The van der Waals surface area contributed by atoms with Gasteiger partial charge in [0.2, 0.25) is 0 Å². The van der Waals surface area contributed by atoms with E-state index in [0.717, 1.165) is 23.2 Å². The first-order valence-corrected chi connectivity index (χ1v) is 6.16. The minimum atomic E-state index is -0.0473. The van der Waals surface area contributed by atoms with Crippen molar-refractivity contribution in [2.45, 2.75) is 13.0 Å². The van der Waals surface area contributed by atoms with Gasteiger partial charge in [0, 0.05) is 11.6 Å². The van der Waals surface area contributed by atoms with Gasteiger partial charge < -0.3 is 15.2 Å². The summed E-state index contributed by atoms with van der Waals surface area (Å²) in [6.07, 6.45) is 1.75. The predicted molar refractivity (Wildman–Crippen MR) is 71.8 cm³/mol. The van der Waals surface area contributed by atoms with Crippen molar-refractivity contribution in [1.29, 1.82) is 0 Å². The fourth-order valence-corrected chi connectivity index (χ4v) is 1.85. The highest BCUT2D eigenvalue weighted by molar-refractivity contribution is 5.84. The number of nitrogens with zero attached hydrogens (tertiary/aromatic N) is 1. The summed E-state index contributed by atoms with van der Waals surface area (Å²) in [6, 6.07) is 9.71. The van der Waals surface area contributed by atoms with E-state index in [-0.39, 0.29) is 12.6 Å². The zero-order valence-electron chi connectivity index (χ0n) is 10.5. The van der Waals surface area contributed by atoms with Gasteiger partial charge in [-0.05, 0) is 18.7 Å². The van der Waals surface area contributed by atoms with Crippen LogP contribution in [0.2, 0.25) is 0 Å².